The van der Waals surface area contributed by atoms with Crippen LogP contribution in [0.3, 0.4) is 0 Å². The predicted molar refractivity (Wildman–Crippen MR) is 99.5 cm³/mol. The van der Waals surface area contributed by atoms with Crippen LogP contribution in [-0.4, -0.2) is 45.5 Å². The Morgan fingerprint density at radius 2 is 2.22 bits per heavy atom. The molecule has 8 nitrogen and oxygen atoms in total. The largest absolute Gasteiger partial charge is 0.489 e. The number of rotatable bonds is 4. The Morgan fingerprint density at radius 3 is 3.04 bits per heavy atom. The summed E-state index contributed by atoms with van der Waals surface area (Å²) in [6, 6.07) is 7.02. The first-order valence-electron chi connectivity index (χ1n) is 9.47. The molecule has 2 N–H and O–H groups in total. The number of benzene rings is 1. The maximum Gasteiger partial charge on any atom is 0.247 e. The van der Waals surface area contributed by atoms with Gasteiger partial charge in [0.1, 0.15) is 24.2 Å². The van der Waals surface area contributed by atoms with Gasteiger partial charge in [-0.1, -0.05) is 19.1 Å². The minimum atomic E-state index is -1.13. The average Bonchev–Trinajstić information content (AvgIpc) is 3.10. The molecule has 3 heterocycles. The fraction of sp³-hybridized carbons (Fsp3) is 0.526. The number of aliphatic hydroxyl groups is 1. The topological polar surface area (TPSA) is 92.5 Å². The van der Waals surface area contributed by atoms with Crippen LogP contribution in [0.15, 0.2) is 24.3 Å². The number of hydrogen-bond acceptors (Lipinski definition) is 6. The number of aryl methyl sites for hydroxylation is 1. The molecule has 1 aromatic carbocycles. The predicted octanol–water partition coefficient (Wildman–Crippen LogP) is 1.57. The lowest BCUT2D eigenvalue weighted by Crippen LogP contribution is -2.48. The Labute approximate surface area is 158 Å². The molecule has 27 heavy (non-hydrogen) atoms. The smallest absolute Gasteiger partial charge is 0.247 e. The first-order chi connectivity index (χ1) is 13.1. The number of carbonyl (C=O) groups is 1. The Morgan fingerprint density at radius 1 is 1.41 bits per heavy atom. The van der Waals surface area contributed by atoms with Gasteiger partial charge in [-0.3, -0.25) is 10.1 Å². The van der Waals surface area contributed by atoms with Crippen molar-refractivity contribution in [1.82, 2.24) is 20.1 Å². The van der Waals surface area contributed by atoms with Gasteiger partial charge in [0.05, 0.1) is 11.7 Å². The fourth-order valence-electron chi connectivity index (χ4n) is 3.79. The van der Waals surface area contributed by atoms with Crippen LogP contribution in [0.5, 0.6) is 5.75 Å². The molecule has 2 aliphatic heterocycles. The highest BCUT2D eigenvalue weighted by atomic mass is 16.5. The number of ether oxygens (including phenoxy) is 1. The summed E-state index contributed by atoms with van der Waals surface area (Å²) in [5.41, 5.74) is 0.711. The molecule has 3 atom stereocenters. The number of amides is 1. The van der Waals surface area contributed by atoms with Crippen molar-refractivity contribution in [2.75, 3.05) is 18.6 Å². The van der Waals surface area contributed by atoms with Crippen LogP contribution >= 0.6 is 0 Å². The van der Waals surface area contributed by atoms with Crippen molar-refractivity contribution < 1.29 is 14.6 Å². The van der Waals surface area contributed by atoms with Crippen molar-refractivity contribution in [1.29, 1.82) is 0 Å². The Hall–Kier alpha value is -2.45. The zero-order valence-electron chi connectivity index (χ0n) is 15.6. The number of hydrogen-bond donors (Lipinski definition) is 2. The average molecular weight is 371 g/mol. The van der Waals surface area contributed by atoms with Gasteiger partial charge < -0.3 is 14.7 Å². The molecule has 1 aromatic heterocycles. The highest BCUT2D eigenvalue weighted by Gasteiger charge is 2.32. The van der Waals surface area contributed by atoms with Gasteiger partial charge in [0.25, 0.3) is 0 Å². The van der Waals surface area contributed by atoms with Gasteiger partial charge >= 0.3 is 0 Å². The molecule has 2 aliphatic rings. The molecular weight excluding hydrogens is 346 g/mol. The van der Waals surface area contributed by atoms with E-state index in [-0.39, 0.29) is 12.5 Å². The summed E-state index contributed by atoms with van der Waals surface area (Å²) in [6.45, 7) is 2.26. The van der Waals surface area contributed by atoms with Crippen LogP contribution in [-0.2, 0) is 11.2 Å². The molecule has 0 fully saturated rings. The minimum absolute atomic E-state index is 0.127. The van der Waals surface area contributed by atoms with Gasteiger partial charge in [-0.15, -0.1) is 0 Å². The molecule has 0 radical (unpaired) electrons. The summed E-state index contributed by atoms with van der Waals surface area (Å²) < 4.78 is 7.70. The fourth-order valence-corrected chi connectivity index (χ4v) is 3.79. The number of para-hydroxylation sites is 2. The molecule has 1 amide bonds. The molecule has 8 heteroatoms. The molecule has 2 aromatic rings. The summed E-state index contributed by atoms with van der Waals surface area (Å²) in [5.74, 6) is 1.68. The van der Waals surface area contributed by atoms with Crippen LogP contribution in [0.1, 0.15) is 50.1 Å². The van der Waals surface area contributed by atoms with Crippen molar-refractivity contribution in [3.8, 4) is 5.75 Å². The van der Waals surface area contributed by atoms with Crippen molar-refractivity contribution in [3.05, 3.63) is 35.9 Å². The first kappa shape index (κ1) is 17.9. The third-order valence-electron chi connectivity index (χ3n) is 5.34. The van der Waals surface area contributed by atoms with Gasteiger partial charge in [-0.05, 0) is 31.4 Å². The van der Waals surface area contributed by atoms with Crippen molar-refractivity contribution >= 4 is 11.6 Å². The van der Waals surface area contributed by atoms with E-state index < -0.39 is 12.3 Å². The lowest BCUT2D eigenvalue weighted by atomic mass is 10.0. The van der Waals surface area contributed by atoms with Crippen LogP contribution in [0.25, 0.3) is 0 Å². The maximum atomic E-state index is 12.8. The van der Waals surface area contributed by atoms with E-state index in [9.17, 15) is 9.90 Å². The number of carbonyl (C=O) groups excluding carboxylic acids is 1. The number of fused-ring (bicyclic) bond motifs is 2. The van der Waals surface area contributed by atoms with Gasteiger partial charge in [0, 0.05) is 13.5 Å². The normalized spacial score (nSPS) is 23.2. The van der Waals surface area contributed by atoms with Crippen LogP contribution in [0.2, 0.25) is 0 Å². The summed E-state index contributed by atoms with van der Waals surface area (Å²) in [6.07, 6.45) is 2.87. The van der Waals surface area contributed by atoms with E-state index in [2.05, 4.69) is 22.3 Å². The van der Waals surface area contributed by atoms with Crippen molar-refractivity contribution in [3.63, 3.8) is 0 Å². The highest BCUT2D eigenvalue weighted by Crippen LogP contribution is 2.30. The second kappa shape index (κ2) is 7.28. The number of aromatic nitrogens is 3. The molecule has 0 saturated carbocycles. The summed E-state index contributed by atoms with van der Waals surface area (Å²) >= 11 is 0. The van der Waals surface area contributed by atoms with Crippen LogP contribution < -0.4 is 15.0 Å². The van der Waals surface area contributed by atoms with Gasteiger partial charge in [-0.2, -0.15) is 5.10 Å². The van der Waals surface area contributed by atoms with E-state index in [0.29, 0.717) is 23.3 Å². The SMILES string of the molecule is CC[C@H]1CCCc2nc(C(O)N[C@H]3COc4ccccc4N(C)C3=O)nn21. The number of aliphatic hydroxyl groups excluding tert-OH is 1. The highest BCUT2D eigenvalue weighted by molar-refractivity contribution is 5.98. The molecule has 0 spiro atoms. The van der Waals surface area contributed by atoms with E-state index in [0.717, 1.165) is 31.5 Å². The van der Waals surface area contributed by atoms with E-state index in [1.54, 1.807) is 11.9 Å². The van der Waals surface area contributed by atoms with E-state index in [1.165, 1.54) is 0 Å². The summed E-state index contributed by atoms with van der Waals surface area (Å²) in [4.78, 5) is 18.8. The molecule has 0 aliphatic carbocycles. The first-order valence-corrected chi connectivity index (χ1v) is 9.47. The molecule has 0 saturated heterocycles. The van der Waals surface area contributed by atoms with Crippen LogP contribution in [0, 0.1) is 0 Å². The minimum Gasteiger partial charge on any atom is -0.489 e. The summed E-state index contributed by atoms with van der Waals surface area (Å²) in [5, 5.41) is 18.1. The molecule has 144 valence electrons. The zero-order valence-corrected chi connectivity index (χ0v) is 15.6. The Bertz CT molecular complexity index is 837. The lowest BCUT2D eigenvalue weighted by molar-refractivity contribution is -0.121. The van der Waals surface area contributed by atoms with Gasteiger partial charge in [0.2, 0.25) is 5.91 Å². The maximum absolute atomic E-state index is 12.8. The van der Waals surface area contributed by atoms with Gasteiger partial charge in [0.15, 0.2) is 12.1 Å². The zero-order chi connectivity index (χ0) is 19.0. The molecule has 0 bridgehead atoms. The van der Waals surface area contributed by atoms with Crippen molar-refractivity contribution in [2.24, 2.45) is 0 Å². The number of likely N-dealkylation sites (N-methyl/N-ethyl adjacent to an activating group) is 1. The number of anilines is 1. The van der Waals surface area contributed by atoms with Gasteiger partial charge in [-0.25, -0.2) is 9.67 Å². The number of nitrogens with zero attached hydrogens (tertiary/aromatic N) is 4. The Kier molecular flexibility index (Phi) is 4.84. The molecule has 4 rings (SSSR count). The molecule has 1 unspecified atom stereocenters. The third kappa shape index (κ3) is 3.30. The monoisotopic (exact) mass is 371 g/mol. The van der Waals surface area contributed by atoms with Crippen LogP contribution in [0.4, 0.5) is 5.69 Å². The second-order valence-corrected chi connectivity index (χ2v) is 7.08. The molecular formula is C19H25N5O3. The standard InChI is InChI=1S/C19H25N5O3/c1-3-12-7-6-10-16-21-17(22-24(12)16)18(25)20-13-11-27-15-9-5-4-8-14(15)23(2)19(13)26/h4-5,8-9,12-13,18,20,25H,3,6-7,10-11H2,1-2H3/t12-,13-,18?/m0/s1. The second-order valence-electron chi connectivity index (χ2n) is 7.08. The Balaban J connectivity index is 1.51. The van der Waals surface area contributed by atoms with Crippen molar-refractivity contribution in [2.45, 2.75) is 50.9 Å². The quantitative estimate of drug-likeness (QED) is 0.793. The lowest BCUT2D eigenvalue weighted by Gasteiger charge is -2.22. The summed E-state index contributed by atoms with van der Waals surface area (Å²) in [7, 11) is 1.70. The van der Waals surface area contributed by atoms with E-state index in [4.69, 9.17) is 4.74 Å². The van der Waals surface area contributed by atoms with E-state index in [1.807, 2.05) is 28.9 Å². The number of nitrogens with one attached hydrogen (secondary N) is 1. The third-order valence-corrected chi connectivity index (χ3v) is 5.34. The van der Waals surface area contributed by atoms with E-state index >= 15 is 0 Å².